The molecule has 196 valence electrons. The van der Waals surface area contributed by atoms with E-state index in [4.69, 9.17) is 4.74 Å². The van der Waals surface area contributed by atoms with E-state index < -0.39 is 23.3 Å². The highest BCUT2D eigenvalue weighted by Gasteiger charge is 2.27. The molecule has 0 spiro atoms. The van der Waals surface area contributed by atoms with Gasteiger partial charge in [0.25, 0.3) is 0 Å². The third-order valence-electron chi connectivity index (χ3n) is 8.18. The Hall–Kier alpha value is -2.14. The molecule has 1 aliphatic carbocycles. The first kappa shape index (κ1) is 26.9. The molecule has 36 heavy (non-hydrogen) atoms. The van der Waals surface area contributed by atoms with Crippen molar-refractivity contribution in [2.45, 2.75) is 90.1 Å². The summed E-state index contributed by atoms with van der Waals surface area (Å²) in [5, 5.41) is 0. The van der Waals surface area contributed by atoms with E-state index in [-0.39, 0.29) is 28.7 Å². The van der Waals surface area contributed by atoms with Crippen molar-refractivity contribution in [3.63, 3.8) is 0 Å². The zero-order chi connectivity index (χ0) is 25.7. The van der Waals surface area contributed by atoms with Crippen LogP contribution in [0.5, 0.6) is 0 Å². The van der Waals surface area contributed by atoms with Gasteiger partial charge in [0.15, 0.2) is 23.3 Å². The Balaban J connectivity index is 1.44. The summed E-state index contributed by atoms with van der Waals surface area (Å²) in [6.45, 7) is 4.74. The molecule has 2 aliphatic rings. The molecule has 2 aromatic carbocycles. The van der Waals surface area contributed by atoms with Gasteiger partial charge in [0, 0.05) is 11.1 Å². The van der Waals surface area contributed by atoms with Crippen molar-refractivity contribution in [2.75, 3.05) is 6.61 Å². The summed E-state index contributed by atoms with van der Waals surface area (Å²) in [6.07, 6.45) is 13.1. The fourth-order valence-corrected chi connectivity index (χ4v) is 6.03. The minimum Gasteiger partial charge on any atom is -0.374 e. The molecular weight excluding hydrogens is 464 g/mol. The van der Waals surface area contributed by atoms with Gasteiger partial charge in [-0.15, -0.1) is 0 Å². The second-order valence-corrected chi connectivity index (χ2v) is 10.6. The zero-order valence-electron chi connectivity index (χ0n) is 21.5. The highest BCUT2D eigenvalue weighted by Crippen LogP contribution is 2.40. The number of ether oxygens (including phenoxy) is 1. The third-order valence-corrected chi connectivity index (χ3v) is 8.18. The van der Waals surface area contributed by atoms with Gasteiger partial charge in [0.2, 0.25) is 0 Å². The van der Waals surface area contributed by atoms with Gasteiger partial charge in [0.1, 0.15) is 0 Å². The average molecular weight is 503 g/mol. The van der Waals surface area contributed by atoms with Crippen LogP contribution in [0.4, 0.5) is 17.6 Å². The molecular formula is C31H38F4O. The normalized spacial score (nSPS) is 24.9. The Bertz CT molecular complexity index is 1050. The lowest BCUT2D eigenvalue weighted by atomic mass is 9.77. The molecule has 1 heterocycles. The van der Waals surface area contributed by atoms with Crippen LogP contribution < -0.4 is 0 Å². The molecule has 2 aromatic rings. The summed E-state index contributed by atoms with van der Waals surface area (Å²) in [5.41, 5.74) is 0.152. The SMILES string of the molecule is CC=CC1CCC(CCc2ccc(-c3ccc(C4CCC(CCC)CC4)c(F)c3F)c(F)c2F)CO1. The van der Waals surface area contributed by atoms with Crippen LogP contribution in [0.25, 0.3) is 11.1 Å². The summed E-state index contributed by atoms with van der Waals surface area (Å²) in [4.78, 5) is 0. The Labute approximate surface area is 212 Å². The van der Waals surface area contributed by atoms with Gasteiger partial charge in [-0.2, -0.15) is 0 Å². The predicted octanol–water partition coefficient (Wildman–Crippen LogP) is 9.29. The Morgan fingerprint density at radius 1 is 0.778 bits per heavy atom. The fraction of sp³-hybridized carbons (Fsp3) is 0.548. The standard InChI is InChI=1S/C31H38F4O/c1-3-5-20-7-11-22(12-8-20)25-17-18-27(31(35)29(25)33)26-16-14-23(28(32)30(26)34)13-9-21-10-15-24(6-4-2)36-19-21/h4,6,14,16-18,20-22,24H,3,5,7-13,15,19H2,1-2H3. The minimum atomic E-state index is -1.12. The van der Waals surface area contributed by atoms with Crippen LogP contribution in [-0.2, 0) is 11.2 Å². The lowest BCUT2D eigenvalue weighted by Gasteiger charge is -2.29. The molecule has 4 rings (SSSR count). The van der Waals surface area contributed by atoms with E-state index in [1.807, 2.05) is 19.1 Å². The van der Waals surface area contributed by atoms with Gasteiger partial charge in [-0.3, -0.25) is 0 Å². The number of rotatable bonds is 8. The van der Waals surface area contributed by atoms with E-state index in [1.165, 1.54) is 24.6 Å². The zero-order valence-corrected chi connectivity index (χ0v) is 21.5. The Morgan fingerprint density at radius 2 is 1.44 bits per heavy atom. The lowest BCUT2D eigenvalue weighted by molar-refractivity contribution is 0.00856. The number of benzene rings is 2. The number of aryl methyl sites for hydroxylation is 1. The van der Waals surface area contributed by atoms with Crippen LogP contribution in [0.2, 0.25) is 0 Å². The van der Waals surface area contributed by atoms with Crippen molar-refractivity contribution in [1.29, 1.82) is 0 Å². The molecule has 2 atom stereocenters. The van der Waals surface area contributed by atoms with Crippen molar-refractivity contribution < 1.29 is 22.3 Å². The largest absolute Gasteiger partial charge is 0.374 e. The second kappa shape index (κ2) is 12.4. The van der Waals surface area contributed by atoms with Crippen molar-refractivity contribution in [2.24, 2.45) is 11.8 Å². The molecule has 2 fully saturated rings. The summed E-state index contributed by atoms with van der Waals surface area (Å²) in [7, 11) is 0. The molecule has 0 N–H and O–H groups in total. The maximum Gasteiger partial charge on any atom is 0.167 e. The fourth-order valence-electron chi connectivity index (χ4n) is 6.03. The molecule has 2 unspecified atom stereocenters. The van der Waals surface area contributed by atoms with Gasteiger partial charge in [0.05, 0.1) is 12.7 Å². The Morgan fingerprint density at radius 3 is 2.08 bits per heavy atom. The molecule has 1 nitrogen and oxygen atoms in total. The van der Waals surface area contributed by atoms with Crippen LogP contribution >= 0.6 is 0 Å². The number of halogens is 4. The highest BCUT2D eigenvalue weighted by molar-refractivity contribution is 5.66. The van der Waals surface area contributed by atoms with E-state index >= 15 is 13.2 Å². The van der Waals surface area contributed by atoms with Crippen LogP contribution in [0, 0.1) is 35.1 Å². The molecule has 0 bridgehead atoms. The highest BCUT2D eigenvalue weighted by atomic mass is 19.2. The first-order valence-corrected chi connectivity index (χ1v) is 13.6. The smallest absolute Gasteiger partial charge is 0.167 e. The number of hydrogen-bond acceptors (Lipinski definition) is 1. The number of allylic oxidation sites excluding steroid dienone is 1. The van der Waals surface area contributed by atoms with Crippen molar-refractivity contribution in [3.05, 3.63) is 70.8 Å². The van der Waals surface area contributed by atoms with E-state index in [1.54, 1.807) is 6.07 Å². The minimum absolute atomic E-state index is 0.0253. The molecule has 0 amide bonds. The second-order valence-electron chi connectivity index (χ2n) is 10.6. The van der Waals surface area contributed by atoms with Gasteiger partial charge < -0.3 is 4.74 Å². The van der Waals surface area contributed by atoms with Gasteiger partial charge in [-0.05, 0) is 87.2 Å². The number of hydrogen-bond donors (Lipinski definition) is 0. The van der Waals surface area contributed by atoms with Crippen LogP contribution in [0.15, 0.2) is 36.4 Å². The van der Waals surface area contributed by atoms with E-state index in [0.717, 1.165) is 44.9 Å². The molecule has 1 saturated carbocycles. The summed E-state index contributed by atoms with van der Waals surface area (Å²) in [6, 6.07) is 5.85. The van der Waals surface area contributed by atoms with Crippen LogP contribution in [0.1, 0.15) is 88.7 Å². The van der Waals surface area contributed by atoms with Gasteiger partial charge in [-0.25, -0.2) is 17.6 Å². The monoisotopic (exact) mass is 502 g/mol. The van der Waals surface area contributed by atoms with Crippen molar-refractivity contribution in [3.8, 4) is 11.1 Å². The van der Waals surface area contributed by atoms with Crippen molar-refractivity contribution in [1.82, 2.24) is 0 Å². The molecule has 5 heteroatoms. The maximum atomic E-state index is 15.1. The summed E-state index contributed by atoms with van der Waals surface area (Å²) >= 11 is 0. The van der Waals surface area contributed by atoms with Gasteiger partial charge in [-0.1, -0.05) is 56.2 Å². The molecule has 0 radical (unpaired) electrons. The summed E-state index contributed by atoms with van der Waals surface area (Å²) in [5.74, 6) is -3.18. The van der Waals surface area contributed by atoms with E-state index in [2.05, 4.69) is 6.92 Å². The Kier molecular flexibility index (Phi) is 9.27. The van der Waals surface area contributed by atoms with E-state index in [9.17, 15) is 4.39 Å². The summed E-state index contributed by atoms with van der Waals surface area (Å²) < 4.78 is 66.0. The van der Waals surface area contributed by atoms with Crippen molar-refractivity contribution >= 4 is 0 Å². The first-order valence-electron chi connectivity index (χ1n) is 13.6. The molecule has 0 aromatic heterocycles. The molecule has 1 saturated heterocycles. The van der Waals surface area contributed by atoms with Crippen LogP contribution in [-0.4, -0.2) is 12.7 Å². The van der Waals surface area contributed by atoms with E-state index in [0.29, 0.717) is 36.8 Å². The first-order chi connectivity index (χ1) is 17.4. The van der Waals surface area contributed by atoms with Crippen LogP contribution in [0.3, 0.4) is 0 Å². The molecule has 1 aliphatic heterocycles. The van der Waals surface area contributed by atoms with Gasteiger partial charge >= 0.3 is 0 Å². The predicted molar refractivity (Wildman–Crippen MR) is 137 cm³/mol. The topological polar surface area (TPSA) is 9.23 Å². The maximum absolute atomic E-state index is 15.1. The average Bonchev–Trinajstić information content (AvgIpc) is 2.89. The quantitative estimate of drug-likeness (QED) is 0.258. The lowest BCUT2D eigenvalue weighted by Crippen LogP contribution is -2.24. The third kappa shape index (κ3) is 6.04.